The van der Waals surface area contributed by atoms with Crippen molar-refractivity contribution < 1.29 is 15.0 Å². The van der Waals surface area contributed by atoms with Gasteiger partial charge in [0.25, 0.3) is 0 Å². The molecule has 1 aliphatic carbocycles. The molecule has 3 nitrogen and oxygen atoms in total. The molecule has 1 fully saturated rings. The van der Waals surface area contributed by atoms with Crippen LogP contribution in [0.4, 0.5) is 0 Å². The normalized spacial score (nSPS) is 34.9. The molecule has 2 atom stereocenters. The smallest absolute Gasteiger partial charge is 0.312 e. The first-order valence-electron chi connectivity index (χ1n) is 4.42. The molecule has 0 aliphatic heterocycles. The fourth-order valence-electron chi connectivity index (χ4n) is 1.84. The summed E-state index contributed by atoms with van der Waals surface area (Å²) in [5, 5.41) is 18.7. The van der Waals surface area contributed by atoms with E-state index >= 15 is 0 Å². The lowest BCUT2D eigenvalue weighted by Crippen LogP contribution is -2.52. The first-order chi connectivity index (χ1) is 5.82. The topological polar surface area (TPSA) is 57.5 Å². The van der Waals surface area contributed by atoms with Crippen LogP contribution < -0.4 is 0 Å². The van der Waals surface area contributed by atoms with E-state index in [4.69, 9.17) is 16.7 Å². The molecule has 1 saturated carbocycles. The maximum absolute atomic E-state index is 10.9. The number of carboxylic acids is 1. The van der Waals surface area contributed by atoms with Gasteiger partial charge in [-0.25, -0.2) is 0 Å². The lowest BCUT2D eigenvalue weighted by molar-refractivity contribution is -0.163. The van der Waals surface area contributed by atoms with Crippen LogP contribution >= 0.6 is 11.6 Å². The number of aliphatic carboxylic acids is 1. The van der Waals surface area contributed by atoms with Crippen LogP contribution in [0, 0.1) is 5.41 Å². The third-order valence-corrected chi connectivity index (χ3v) is 3.73. The summed E-state index contributed by atoms with van der Waals surface area (Å²) in [6.07, 6.45) is 1.95. The van der Waals surface area contributed by atoms with Crippen LogP contribution in [0.5, 0.6) is 0 Å². The molecule has 1 aliphatic rings. The predicted molar refractivity (Wildman–Crippen MR) is 49.9 cm³/mol. The molecule has 0 aromatic heterocycles. The zero-order valence-corrected chi connectivity index (χ0v) is 8.64. The molecule has 0 saturated heterocycles. The van der Waals surface area contributed by atoms with Gasteiger partial charge in [0.1, 0.15) is 0 Å². The van der Waals surface area contributed by atoms with Crippen LogP contribution in [0.15, 0.2) is 0 Å². The van der Waals surface area contributed by atoms with Crippen LogP contribution in [-0.2, 0) is 4.79 Å². The molecule has 76 valence electrons. The fraction of sp³-hybridized carbons (Fsp3) is 0.889. The first kappa shape index (κ1) is 10.8. The van der Waals surface area contributed by atoms with Crippen molar-refractivity contribution in [1.82, 2.24) is 0 Å². The highest BCUT2D eigenvalue weighted by Crippen LogP contribution is 2.46. The molecule has 2 unspecified atom stereocenters. The highest BCUT2D eigenvalue weighted by Gasteiger charge is 2.55. The van der Waals surface area contributed by atoms with Gasteiger partial charge in [-0.15, -0.1) is 11.6 Å². The molecule has 0 heterocycles. The summed E-state index contributed by atoms with van der Waals surface area (Å²) < 4.78 is 0. The van der Waals surface area contributed by atoms with Gasteiger partial charge < -0.3 is 10.2 Å². The van der Waals surface area contributed by atoms with Crippen LogP contribution in [0.25, 0.3) is 0 Å². The lowest BCUT2D eigenvalue weighted by atomic mass is 9.73. The van der Waals surface area contributed by atoms with E-state index in [-0.39, 0.29) is 0 Å². The van der Waals surface area contributed by atoms with Crippen molar-refractivity contribution in [2.45, 2.75) is 44.1 Å². The maximum Gasteiger partial charge on any atom is 0.312 e. The van der Waals surface area contributed by atoms with Crippen molar-refractivity contribution >= 4 is 17.6 Å². The highest BCUT2D eigenvalue weighted by molar-refractivity contribution is 6.21. The number of rotatable bonds is 2. The molecule has 0 aromatic rings. The number of halogens is 1. The molecule has 0 aromatic carbocycles. The Balaban J connectivity index is 2.97. The number of hydrogen-bond donors (Lipinski definition) is 2. The van der Waals surface area contributed by atoms with Crippen LogP contribution in [0.1, 0.15) is 33.1 Å². The van der Waals surface area contributed by atoms with Gasteiger partial charge in [0, 0.05) is 0 Å². The first-order valence-corrected chi connectivity index (χ1v) is 4.86. The summed E-state index contributed by atoms with van der Waals surface area (Å²) in [4.78, 5) is 10.9. The van der Waals surface area contributed by atoms with E-state index in [0.717, 1.165) is 6.42 Å². The van der Waals surface area contributed by atoms with Gasteiger partial charge in [0.2, 0.25) is 0 Å². The molecular weight excluding hydrogens is 192 g/mol. The van der Waals surface area contributed by atoms with Crippen molar-refractivity contribution in [3.8, 4) is 0 Å². The van der Waals surface area contributed by atoms with E-state index in [2.05, 4.69) is 0 Å². The molecule has 4 heteroatoms. The number of carboxylic acid groups (broad SMARTS) is 1. The second-order valence-electron chi connectivity index (χ2n) is 4.21. The van der Waals surface area contributed by atoms with Gasteiger partial charge in [-0.05, 0) is 33.1 Å². The monoisotopic (exact) mass is 206 g/mol. The van der Waals surface area contributed by atoms with Crippen molar-refractivity contribution in [3.63, 3.8) is 0 Å². The Kier molecular flexibility index (Phi) is 2.61. The summed E-state index contributed by atoms with van der Waals surface area (Å²) >= 11 is 5.93. The highest BCUT2D eigenvalue weighted by atomic mass is 35.5. The second-order valence-corrected chi connectivity index (χ2v) is 4.74. The minimum Gasteiger partial charge on any atom is -0.481 e. The van der Waals surface area contributed by atoms with Crippen LogP contribution in [-0.4, -0.2) is 27.2 Å². The van der Waals surface area contributed by atoms with Gasteiger partial charge in [0.05, 0.1) is 16.4 Å². The Hall–Kier alpha value is -0.280. The molecular formula is C9H15ClO3. The minimum absolute atomic E-state index is 0.446. The Morgan fingerprint density at radius 3 is 2.46 bits per heavy atom. The van der Waals surface area contributed by atoms with Crippen molar-refractivity contribution in [2.24, 2.45) is 5.41 Å². The zero-order chi connectivity index (χ0) is 10.3. The summed E-state index contributed by atoms with van der Waals surface area (Å²) in [6, 6.07) is 0. The van der Waals surface area contributed by atoms with E-state index < -0.39 is 22.4 Å². The van der Waals surface area contributed by atoms with Crippen LogP contribution in [0.3, 0.4) is 0 Å². The van der Waals surface area contributed by atoms with E-state index in [1.807, 2.05) is 0 Å². The van der Waals surface area contributed by atoms with Gasteiger partial charge in [0.15, 0.2) is 0 Å². The van der Waals surface area contributed by atoms with E-state index in [0.29, 0.717) is 12.8 Å². The van der Waals surface area contributed by atoms with Crippen LogP contribution in [0.2, 0.25) is 0 Å². The molecule has 1 rings (SSSR count). The number of alkyl halides is 1. The second kappa shape index (κ2) is 3.14. The Morgan fingerprint density at radius 1 is 1.62 bits per heavy atom. The third kappa shape index (κ3) is 1.44. The minimum atomic E-state index is -1.26. The summed E-state index contributed by atoms with van der Waals surface area (Å²) in [7, 11) is 0. The summed E-state index contributed by atoms with van der Waals surface area (Å²) in [5.74, 6) is -0.998. The number of hydrogen-bond acceptors (Lipinski definition) is 2. The van der Waals surface area contributed by atoms with E-state index in [1.165, 1.54) is 13.8 Å². The van der Waals surface area contributed by atoms with Crippen molar-refractivity contribution in [1.29, 1.82) is 0 Å². The third-order valence-electron chi connectivity index (χ3n) is 3.15. The Labute approximate surface area is 82.7 Å². The summed E-state index contributed by atoms with van der Waals surface area (Å²) in [5.41, 5.74) is -2.43. The van der Waals surface area contributed by atoms with Gasteiger partial charge in [-0.2, -0.15) is 0 Å². The standard InChI is InChI=1S/C9H15ClO3/c1-8(2,7(11)12)9(13)5-3-4-6(9)10/h6,13H,3-5H2,1-2H3,(H,11,12). The molecule has 2 N–H and O–H groups in total. The van der Waals surface area contributed by atoms with Gasteiger partial charge in [-0.3, -0.25) is 4.79 Å². The quantitative estimate of drug-likeness (QED) is 0.675. The van der Waals surface area contributed by atoms with Gasteiger partial charge in [-0.1, -0.05) is 0 Å². The Morgan fingerprint density at radius 2 is 2.15 bits per heavy atom. The number of aliphatic hydroxyl groups is 1. The van der Waals surface area contributed by atoms with Crippen molar-refractivity contribution in [2.75, 3.05) is 0 Å². The number of carbonyl (C=O) groups is 1. The van der Waals surface area contributed by atoms with Gasteiger partial charge >= 0.3 is 5.97 Å². The molecule has 0 amide bonds. The molecule has 13 heavy (non-hydrogen) atoms. The largest absolute Gasteiger partial charge is 0.481 e. The molecule has 0 radical (unpaired) electrons. The average Bonchev–Trinajstić information content (AvgIpc) is 2.33. The molecule has 0 spiro atoms. The van der Waals surface area contributed by atoms with E-state index in [9.17, 15) is 9.90 Å². The predicted octanol–water partition coefficient (Wildman–Crippen LogP) is 1.62. The zero-order valence-electron chi connectivity index (χ0n) is 7.88. The van der Waals surface area contributed by atoms with Crippen molar-refractivity contribution in [3.05, 3.63) is 0 Å². The van der Waals surface area contributed by atoms with E-state index in [1.54, 1.807) is 0 Å². The maximum atomic E-state index is 10.9. The SMILES string of the molecule is CC(C)(C(=O)O)C1(O)CCCC1Cl. The fourth-order valence-corrected chi connectivity index (χ4v) is 2.37. The Bertz CT molecular complexity index is 227. The lowest BCUT2D eigenvalue weighted by Gasteiger charge is -2.38. The average molecular weight is 207 g/mol. The molecule has 0 bridgehead atoms. The summed E-state index contributed by atoms with van der Waals surface area (Å²) in [6.45, 7) is 3.05.